The smallest absolute Gasteiger partial charge is 0.260 e. The van der Waals surface area contributed by atoms with Crippen LogP contribution in [0.25, 0.3) is 43.4 Å². The third kappa shape index (κ3) is 2.06. The van der Waals surface area contributed by atoms with Crippen LogP contribution in [0.5, 0.6) is 0 Å². The van der Waals surface area contributed by atoms with Gasteiger partial charge in [-0.15, -0.1) is 0 Å². The van der Waals surface area contributed by atoms with Gasteiger partial charge in [0.05, 0.1) is 39.5 Å². The highest BCUT2D eigenvalue weighted by Crippen LogP contribution is 2.40. The molecule has 3 aromatic heterocycles. The van der Waals surface area contributed by atoms with Gasteiger partial charge >= 0.3 is 0 Å². The third-order valence-corrected chi connectivity index (χ3v) is 5.21. The van der Waals surface area contributed by atoms with E-state index in [2.05, 4.69) is 24.5 Å². The van der Waals surface area contributed by atoms with Gasteiger partial charge in [-0.1, -0.05) is 12.1 Å². The molecule has 8 heteroatoms. The van der Waals surface area contributed by atoms with Gasteiger partial charge in [-0.3, -0.25) is 9.89 Å². The zero-order valence-electron chi connectivity index (χ0n) is 13.4. The summed E-state index contributed by atoms with van der Waals surface area (Å²) in [5, 5.41) is 8.40. The molecule has 7 nitrogen and oxygen atoms in total. The van der Waals surface area contributed by atoms with E-state index in [1.165, 1.54) is 17.9 Å². The number of nitrogens with two attached hydrogens (primary N) is 1. The fraction of sp³-hybridized carbons (Fsp3) is 0. The molecule has 5 rings (SSSR count). The van der Waals surface area contributed by atoms with Gasteiger partial charge in [-0.2, -0.15) is 5.10 Å². The van der Waals surface area contributed by atoms with Crippen LogP contribution >= 0.6 is 11.5 Å². The average molecular weight is 360 g/mol. The highest BCUT2D eigenvalue weighted by atomic mass is 32.1. The molecule has 0 aliphatic rings. The van der Waals surface area contributed by atoms with Crippen LogP contribution in [0.15, 0.2) is 53.8 Å². The van der Waals surface area contributed by atoms with E-state index in [9.17, 15) is 4.79 Å². The van der Waals surface area contributed by atoms with E-state index < -0.39 is 0 Å². The fourth-order valence-corrected chi connectivity index (χ4v) is 3.86. The van der Waals surface area contributed by atoms with Crippen LogP contribution in [-0.4, -0.2) is 24.5 Å². The van der Waals surface area contributed by atoms with Crippen LogP contribution in [0.4, 0.5) is 5.69 Å². The topological polar surface area (TPSA) is 113 Å². The first kappa shape index (κ1) is 14.8. The second-order valence-electron chi connectivity index (χ2n) is 5.85. The Bertz CT molecular complexity index is 1320. The van der Waals surface area contributed by atoms with Gasteiger partial charge in [-0.05, 0) is 35.3 Å². The van der Waals surface area contributed by atoms with Gasteiger partial charge < -0.3 is 10.7 Å². The van der Waals surface area contributed by atoms with Gasteiger partial charge in [0.25, 0.3) is 5.56 Å². The molecule has 5 aromatic rings. The monoisotopic (exact) mass is 360 g/mol. The van der Waals surface area contributed by atoms with Crippen LogP contribution in [-0.2, 0) is 0 Å². The number of aromatic amines is 2. The first-order chi connectivity index (χ1) is 12.7. The third-order valence-electron chi connectivity index (χ3n) is 4.43. The number of aromatic nitrogens is 5. The number of H-pyrrole nitrogens is 2. The Morgan fingerprint density at radius 2 is 2.04 bits per heavy atom. The number of benzene rings is 2. The van der Waals surface area contributed by atoms with Gasteiger partial charge in [0, 0.05) is 22.7 Å². The number of nitrogen functional groups attached to an aromatic ring is 1. The Hall–Kier alpha value is -3.52. The summed E-state index contributed by atoms with van der Waals surface area (Å²) in [5.74, 6) is 0. The lowest BCUT2D eigenvalue weighted by molar-refractivity contribution is 1.12. The van der Waals surface area contributed by atoms with Crippen molar-refractivity contribution in [2.75, 3.05) is 5.73 Å². The minimum atomic E-state index is -0.264. The van der Waals surface area contributed by atoms with Crippen molar-refractivity contribution in [1.29, 1.82) is 0 Å². The Kier molecular flexibility index (Phi) is 3.13. The van der Waals surface area contributed by atoms with Crippen molar-refractivity contribution in [3.05, 3.63) is 59.4 Å². The molecule has 0 fully saturated rings. The Balaban J connectivity index is 1.96. The number of fused-ring (bicyclic) bond motifs is 2. The number of hydrogen-bond acceptors (Lipinski definition) is 6. The largest absolute Gasteiger partial charge is 0.398 e. The molecule has 0 atom stereocenters. The molecule has 26 heavy (non-hydrogen) atoms. The Morgan fingerprint density at radius 1 is 1.12 bits per heavy atom. The Morgan fingerprint density at radius 3 is 2.88 bits per heavy atom. The van der Waals surface area contributed by atoms with Crippen molar-refractivity contribution >= 4 is 39.0 Å². The second kappa shape index (κ2) is 5.50. The maximum Gasteiger partial charge on any atom is 0.260 e. The van der Waals surface area contributed by atoms with Gasteiger partial charge in [-0.25, -0.2) is 9.36 Å². The standard InChI is InChI=1S/C18H12N6OS/c19-16-10(9-2-1-3-13-12(9)7-22-24-13)6-11(14-4-5-23-26-14)17-15(16)18(25)21-8-20-17/h1-8H,19H2,(H,22,24)(H,20,21,25). The maximum atomic E-state index is 12.5. The lowest BCUT2D eigenvalue weighted by atomic mass is 9.95. The summed E-state index contributed by atoms with van der Waals surface area (Å²) < 4.78 is 4.18. The van der Waals surface area contributed by atoms with E-state index in [1.54, 1.807) is 12.4 Å². The van der Waals surface area contributed by atoms with Crippen LogP contribution in [0.2, 0.25) is 0 Å². The summed E-state index contributed by atoms with van der Waals surface area (Å²) in [6.45, 7) is 0. The predicted octanol–water partition coefficient (Wildman–Crippen LogP) is 3.17. The molecular weight excluding hydrogens is 348 g/mol. The SMILES string of the molecule is Nc1c(-c2cccc3[nH]ncc23)cc(-c2ccns2)c2nc[nH]c(=O)c12. The maximum absolute atomic E-state index is 12.5. The molecule has 0 saturated carbocycles. The van der Waals surface area contributed by atoms with Gasteiger partial charge in [0.1, 0.15) is 0 Å². The highest BCUT2D eigenvalue weighted by Gasteiger charge is 2.18. The summed E-state index contributed by atoms with van der Waals surface area (Å²) in [4.78, 5) is 20.4. The molecule has 4 N–H and O–H groups in total. The van der Waals surface area contributed by atoms with Crippen LogP contribution in [0, 0.1) is 0 Å². The fourth-order valence-electron chi connectivity index (χ4n) is 3.25. The molecule has 0 amide bonds. The molecule has 2 aromatic carbocycles. The van der Waals surface area contributed by atoms with Crippen molar-refractivity contribution in [2.24, 2.45) is 0 Å². The summed E-state index contributed by atoms with van der Waals surface area (Å²) in [6, 6.07) is 9.72. The second-order valence-corrected chi connectivity index (χ2v) is 6.69. The summed E-state index contributed by atoms with van der Waals surface area (Å²) in [5.41, 5.74) is 10.5. The van der Waals surface area contributed by atoms with E-state index in [0.29, 0.717) is 16.6 Å². The van der Waals surface area contributed by atoms with E-state index in [0.717, 1.165) is 32.5 Å². The number of rotatable bonds is 2. The van der Waals surface area contributed by atoms with Crippen LogP contribution < -0.4 is 11.3 Å². The van der Waals surface area contributed by atoms with Crippen LogP contribution in [0.1, 0.15) is 0 Å². The quantitative estimate of drug-likeness (QED) is 0.418. The van der Waals surface area contributed by atoms with E-state index in [1.807, 2.05) is 30.3 Å². The zero-order chi connectivity index (χ0) is 17.7. The van der Waals surface area contributed by atoms with E-state index in [4.69, 9.17) is 5.73 Å². The minimum Gasteiger partial charge on any atom is -0.398 e. The first-order valence-electron chi connectivity index (χ1n) is 7.87. The van der Waals surface area contributed by atoms with Crippen molar-refractivity contribution in [3.8, 4) is 21.6 Å². The Labute approximate surface area is 150 Å². The first-order valence-corrected chi connectivity index (χ1v) is 8.65. The summed E-state index contributed by atoms with van der Waals surface area (Å²) in [7, 11) is 0. The molecule has 0 bridgehead atoms. The highest BCUT2D eigenvalue weighted by molar-refractivity contribution is 7.09. The van der Waals surface area contributed by atoms with E-state index in [-0.39, 0.29) is 5.56 Å². The van der Waals surface area contributed by atoms with Crippen molar-refractivity contribution in [2.45, 2.75) is 0 Å². The average Bonchev–Trinajstić information content (AvgIpc) is 3.33. The summed E-state index contributed by atoms with van der Waals surface area (Å²) >= 11 is 1.35. The minimum absolute atomic E-state index is 0.264. The molecule has 0 unspecified atom stereocenters. The molecule has 0 aliphatic heterocycles. The predicted molar refractivity (Wildman–Crippen MR) is 103 cm³/mol. The zero-order valence-corrected chi connectivity index (χ0v) is 14.2. The lowest BCUT2D eigenvalue weighted by Crippen LogP contribution is -2.10. The van der Waals surface area contributed by atoms with Crippen LogP contribution in [0.3, 0.4) is 0 Å². The molecule has 0 aliphatic carbocycles. The number of nitrogens with one attached hydrogen (secondary N) is 2. The number of hydrogen-bond donors (Lipinski definition) is 3. The van der Waals surface area contributed by atoms with Gasteiger partial charge in [0.2, 0.25) is 0 Å². The molecule has 0 spiro atoms. The number of nitrogens with zero attached hydrogens (tertiary/aromatic N) is 3. The van der Waals surface area contributed by atoms with Gasteiger partial charge in [0.15, 0.2) is 0 Å². The normalized spacial score (nSPS) is 11.4. The molecule has 3 heterocycles. The number of anilines is 1. The molecule has 126 valence electrons. The van der Waals surface area contributed by atoms with Crippen molar-refractivity contribution in [1.82, 2.24) is 24.5 Å². The van der Waals surface area contributed by atoms with Crippen molar-refractivity contribution in [3.63, 3.8) is 0 Å². The molecule has 0 radical (unpaired) electrons. The molecule has 0 saturated heterocycles. The lowest BCUT2D eigenvalue weighted by Gasteiger charge is -2.13. The van der Waals surface area contributed by atoms with E-state index >= 15 is 0 Å². The summed E-state index contributed by atoms with van der Waals surface area (Å²) in [6.07, 6.45) is 4.88. The molecular formula is C18H12N6OS. The van der Waals surface area contributed by atoms with Crippen molar-refractivity contribution < 1.29 is 0 Å².